The van der Waals surface area contributed by atoms with Crippen molar-refractivity contribution in [2.45, 2.75) is 25.3 Å². The fourth-order valence-corrected chi connectivity index (χ4v) is 4.07. The molecule has 0 spiro atoms. The summed E-state index contributed by atoms with van der Waals surface area (Å²) in [5.41, 5.74) is 1.30. The number of hydrogen-bond acceptors (Lipinski definition) is 5. The first-order chi connectivity index (χ1) is 13.5. The van der Waals surface area contributed by atoms with Crippen LogP contribution in [0.5, 0.6) is 11.5 Å². The van der Waals surface area contributed by atoms with Crippen LogP contribution in [0.25, 0.3) is 0 Å². The Morgan fingerprint density at radius 3 is 2.46 bits per heavy atom. The summed E-state index contributed by atoms with van der Waals surface area (Å²) in [4.78, 5) is 14.7. The minimum Gasteiger partial charge on any atom is -0.486 e. The molecule has 1 amide bonds. The summed E-state index contributed by atoms with van der Waals surface area (Å²) in [7, 11) is -3.54. The van der Waals surface area contributed by atoms with Crippen LogP contribution < -0.4 is 14.2 Å². The molecule has 7 nitrogen and oxygen atoms in total. The van der Waals surface area contributed by atoms with Gasteiger partial charge in [0.25, 0.3) is 5.91 Å². The van der Waals surface area contributed by atoms with E-state index in [4.69, 9.17) is 9.47 Å². The van der Waals surface area contributed by atoms with Gasteiger partial charge in [-0.2, -0.15) is 0 Å². The molecule has 0 aromatic heterocycles. The van der Waals surface area contributed by atoms with Gasteiger partial charge in [-0.25, -0.2) is 13.1 Å². The topological polar surface area (TPSA) is 84.9 Å². The Morgan fingerprint density at radius 2 is 1.79 bits per heavy atom. The second-order valence-electron chi connectivity index (χ2n) is 6.29. The van der Waals surface area contributed by atoms with Gasteiger partial charge in [-0.15, -0.1) is 0 Å². The molecule has 2 aromatic rings. The van der Waals surface area contributed by atoms with Gasteiger partial charge < -0.3 is 14.4 Å². The number of sulfonamides is 1. The molecule has 1 N–H and O–H groups in total. The predicted octanol–water partition coefficient (Wildman–Crippen LogP) is 2.42. The van der Waals surface area contributed by atoms with E-state index >= 15 is 0 Å². The first-order valence-electron chi connectivity index (χ1n) is 9.22. The van der Waals surface area contributed by atoms with E-state index in [9.17, 15) is 13.2 Å². The highest BCUT2D eigenvalue weighted by atomic mass is 32.2. The average molecular weight is 404 g/mol. The molecule has 0 fully saturated rings. The fourth-order valence-electron chi connectivity index (χ4n) is 3.02. The van der Waals surface area contributed by atoms with Crippen molar-refractivity contribution in [2.75, 3.05) is 26.3 Å². The van der Waals surface area contributed by atoms with Gasteiger partial charge in [-0.3, -0.25) is 4.79 Å². The second-order valence-corrected chi connectivity index (χ2v) is 8.05. The molecule has 0 atom stereocenters. The molecule has 3 rings (SSSR count). The molecular formula is C20H24N2O5S. The van der Waals surface area contributed by atoms with E-state index in [0.717, 1.165) is 5.56 Å². The van der Waals surface area contributed by atoms with E-state index in [1.807, 2.05) is 25.1 Å². The molecular weight excluding hydrogens is 380 g/mol. The van der Waals surface area contributed by atoms with E-state index < -0.39 is 10.0 Å². The molecule has 0 radical (unpaired) electrons. The zero-order chi connectivity index (χ0) is 20.1. The largest absolute Gasteiger partial charge is 0.486 e. The van der Waals surface area contributed by atoms with Crippen molar-refractivity contribution >= 4 is 15.9 Å². The predicted molar refractivity (Wildman–Crippen MR) is 105 cm³/mol. The number of carbonyl (C=O) groups is 1. The van der Waals surface area contributed by atoms with Crippen molar-refractivity contribution in [1.29, 1.82) is 0 Å². The fraction of sp³-hybridized carbons (Fsp3) is 0.350. The third-order valence-electron chi connectivity index (χ3n) is 4.42. The van der Waals surface area contributed by atoms with Gasteiger partial charge in [0.2, 0.25) is 10.0 Å². The molecule has 0 bridgehead atoms. The lowest BCUT2D eigenvalue weighted by Crippen LogP contribution is -2.31. The minimum atomic E-state index is -3.54. The molecule has 8 heteroatoms. The molecule has 0 aliphatic carbocycles. The molecule has 0 saturated heterocycles. The summed E-state index contributed by atoms with van der Waals surface area (Å²) in [6, 6.07) is 11.6. The highest BCUT2D eigenvalue weighted by Gasteiger charge is 2.21. The number of fused-ring (bicyclic) bond motifs is 1. The van der Waals surface area contributed by atoms with Crippen LogP contribution in [0.15, 0.2) is 47.4 Å². The van der Waals surface area contributed by atoms with Gasteiger partial charge in [0.15, 0.2) is 11.5 Å². The first kappa shape index (κ1) is 20.2. The summed E-state index contributed by atoms with van der Waals surface area (Å²) in [6.07, 6.45) is 0. The molecule has 0 unspecified atom stereocenters. The van der Waals surface area contributed by atoms with Crippen LogP contribution in [0.4, 0.5) is 0 Å². The average Bonchev–Trinajstić information content (AvgIpc) is 2.71. The van der Waals surface area contributed by atoms with Gasteiger partial charge in [0.1, 0.15) is 13.2 Å². The Kier molecular flexibility index (Phi) is 6.21. The number of ether oxygens (including phenoxy) is 2. The number of amides is 1. The molecule has 1 aliphatic rings. The van der Waals surface area contributed by atoms with Gasteiger partial charge in [-0.05, 0) is 37.3 Å². The van der Waals surface area contributed by atoms with Gasteiger partial charge in [-0.1, -0.05) is 19.1 Å². The Hall–Kier alpha value is -2.58. The number of hydrogen-bond donors (Lipinski definition) is 1. The van der Waals surface area contributed by atoms with Crippen molar-refractivity contribution < 1.29 is 22.7 Å². The number of rotatable bonds is 7. The molecule has 1 aliphatic heterocycles. The lowest BCUT2D eigenvalue weighted by atomic mass is 10.1. The smallest absolute Gasteiger partial charge is 0.254 e. The highest BCUT2D eigenvalue weighted by Crippen LogP contribution is 2.34. The normalized spacial score (nSPS) is 13.2. The Bertz CT molecular complexity index is 942. The van der Waals surface area contributed by atoms with E-state index in [-0.39, 0.29) is 10.8 Å². The Balaban J connectivity index is 1.79. The van der Waals surface area contributed by atoms with Crippen LogP contribution in [0, 0.1) is 0 Å². The maximum Gasteiger partial charge on any atom is 0.254 e. The molecule has 2 aromatic carbocycles. The number of carbonyl (C=O) groups excluding carboxylic acids is 1. The van der Waals surface area contributed by atoms with Crippen molar-refractivity contribution in [2.24, 2.45) is 0 Å². The van der Waals surface area contributed by atoms with Gasteiger partial charge >= 0.3 is 0 Å². The van der Waals surface area contributed by atoms with Crippen LogP contribution in [0.1, 0.15) is 29.8 Å². The lowest BCUT2D eigenvalue weighted by molar-refractivity contribution is 0.0749. The SMILES string of the molecule is CCNS(=O)(=O)c1ccc(C(=O)N(CC)Cc2cccc3c2OCCO3)cc1. The second kappa shape index (κ2) is 8.62. The lowest BCUT2D eigenvalue weighted by Gasteiger charge is -2.25. The summed E-state index contributed by atoms with van der Waals surface area (Å²) < 4.78 is 37.9. The third kappa shape index (κ3) is 4.28. The Labute approximate surface area is 165 Å². The van der Waals surface area contributed by atoms with Crippen LogP contribution in [-0.4, -0.2) is 45.5 Å². The third-order valence-corrected chi connectivity index (χ3v) is 5.99. The zero-order valence-electron chi connectivity index (χ0n) is 16.0. The summed E-state index contributed by atoms with van der Waals surface area (Å²) in [5.74, 6) is 1.18. The van der Waals surface area contributed by atoms with Crippen LogP contribution >= 0.6 is 0 Å². The van der Waals surface area contributed by atoms with Crippen LogP contribution in [-0.2, 0) is 16.6 Å². The Morgan fingerprint density at radius 1 is 1.07 bits per heavy atom. The van der Waals surface area contributed by atoms with Crippen molar-refractivity contribution in [3.8, 4) is 11.5 Å². The first-order valence-corrected chi connectivity index (χ1v) is 10.7. The van der Waals surface area contributed by atoms with Crippen LogP contribution in [0.2, 0.25) is 0 Å². The maximum absolute atomic E-state index is 12.9. The van der Waals surface area contributed by atoms with Crippen molar-refractivity contribution in [3.63, 3.8) is 0 Å². The van der Waals surface area contributed by atoms with Crippen molar-refractivity contribution in [3.05, 3.63) is 53.6 Å². The van der Waals surface area contributed by atoms with Gasteiger partial charge in [0.05, 0.1) is 4.90 Å². The summed E-state index contributed by atoms with van der Waals surface area (Å²) in [6.45, 7) is 5.78. The van der Waals surface area contributed by atoms with E-state index in [1.54, 1.807) is 11.8 Å². The molecule has 150 valence electrons. The maximum atomic E-state index is 12.9. The number of para-hydroxylation sites is 1. The molecule has 0 saturated carbocycles. The molecule has 28 heavy (non-hydrogen) atoms. The monoisotopic (exact) mass is 404 g/mol. The number of nitrogens with zero attached hydrogens (tertiary/aromatic N) is 1. The van der Waals surface area contributed by atoms with Crippen molar-refractivity contribution in [1.82, 2.24) is 9.62 Å². The standard InChI is InChI=1S/C20H24N2O5S/c1-3-21-28(24,25)17-10-8-15(9-11-17)20(23)22(4-2)14-16-6-5-7-18-19(16)27-13-12-26-18/h5-11,21H,3-4,12-14H2,1-2H3. The summed E-state index contributed by atoms with van der Waals surface area (Å²) >= 11 is 0. The number of nitrogens with one attached hydrogen (secondary N) is 1. The van der Waals surface area contributed by atoms with Crippen LogP contribution in [0.3, 0.4) is 0 Å². The quantitative estimate of drug-likeness (QED) is 0.766. The zero-order valence-corrected chi connectivity index (χ0v) is 16.8. The summed E-state index contributed by atoms with van der Waals surface area (Å²) in [5, 5.41) is 0. The molecule has 1 heterocycles. The number of benzene rings is 2. The van der Waals surface area contributed by atoms with E-state index in [2.05, 4.69) is 4.72 Å². The highest BCUT2D eigenvalue weighted by molar-refractivity contribution is 7.89. The van der Waals surface area contributed by atoms with E-state index in [1.165, 1.54) is 24.3 Å². The van der Waals surface area contributed by atoms with E-state index in [0.29, 0.717) is 49.9 Å². The minimum absolute atomic E-state index is 0.136. The van der Waals surface area contributed by atoms with Gasteiger partial charge in [0, 0.05) is 30.8 Å².